The van der Waals surface area contributed by atoms with Gasteiger partial charge in [-0.2, -0.15) is 0 Å². The minimum absolute atomic E-state index is 0.0260. The summed E-state index contributed by atoms with van der Waals surface area (Å²) < 4.78 is 1.06. The predicted molar refractivity (Wildman–Crippen MR) is 134 cm³/mol. The summed E-state index contributed by atoms with van der Waals surface area (Å²) in [5.74, 6) is 0.0260. The Kier molecular flexibility index (Phi) is 19.5. The number of hydrogen-bond donors (Lipinski definition) is 0. The topological polar surface area (TPSA) is 20.3 Å². The van der Waals surface area contributed by atoms with Gasteiger partial charge >= 0.3 is 0 Å². The van der Waals surface area contributed by atoms with Crippen molar-refractivity contribution in [2.75, 3.05) is 40.8 Å². The third-order valence-electron chi connectivity index (χ3n) is 6.42. The molecule has 0 aromatic heterocycles. The van der Waals surface area contributed by atoms with Crippen molar-refractivity contribution in [2.45, 2.75) is 116 Å². The van der Waals surface area contributed by atoms with Crippen LogP contribution in [-0.4, -0.2) is 56.1 Å². The van der Waals surface area contributed by atoms with Crippen LogP contribution in [0.5, 0.6) is 0 Å². The Morgan fingerprint density at radius 1 is 0.700 bits per heavy atom. The van der Waals surface area contributed by atoms with E-state index in [1.165, 1.54) is 115 Å². The maximum Gasteiger partial charge on any atom is 0.245 e. The molecule has 0 atom stereocenters. The lowest BCUT2D eigenvalue weighted by molar-refractivity contribution is -0.890. The fraction of sp³-hybridized carbons (Fsp3) is 0.889. The van der Waals surface area contributed by atoms with Gasteiger partial charge in [0.25, 0.3) is 0 Å². The molecule has 0 aliphatic heterocycles. The van der Waals surface area contributed by atoms with Crippen LogP contribution in [0.4, 0.5) is 0 Å². The molecule has 0 rings (SSSR count). The van der Waals surface area contributed by atoms with E-state index in [4.69, 9.17) is 0 Å². The zero-order valence-corrected chi connectivity index (χ0v) is 21.2. The first kappa shape index (κ1) is 29.2. The van der Waals surface area contributed by atoms with E-state index in [0.717, 1.165) is 24.0 Å². The first-order chi connectivity index (χ1) is 14.4. The molecule has 0 aromatic rings. The maximum absolute atomic E-state index is 11.5. The van der Waals surface area contributed by atoms with E-state index in [2.05, 4.69) is 27.6 Å². The van der Waals surface area contributed by atoms with Crippen LogP contribution in [0.2, 0.25) is 0 Å². The van der Waals surface area contributed by atoms with E-state index in [0.29, 0.717) is 0 Å². The summed E-state index contributed by atoms with van der Waals surface area (Å²) in [5, 5.41) is 0. The molecule has 0 bridgehead atoms. The van der Waals surface area contributed by atoms with Gasteiger partial charge in [0, 0.05) is 20.0 Å². The number of unbranched alkanes of at least 4 members (excludes halogenated alkanes) is 15. The zero-order chi connectivity index (χ0) is 22.5. The maximum atomic E-state index is 11.5. The van der Waals surface area contributed by atoms with Gasteiger partial charge in [0.05, 0.1) is 27.2 Å². The normalized spacial score (nSPS) is 11.6. The number of carbonyl (C=O) groups excluding carboxylic acids is 1. The molecule has 0 aliphatic carbocycles. The molecule has 0 spiro atoms. The number of likely N-dealkylation sites (N-methyl/N-ethyl adjacent to an activating group) is 1. The van der Waals surface area contributed by atoms with Crippen LogP contribution in [0.3, 0.4) is 0 Å². The SMILES string of the molecule is C=CC(=O)N(C)CCC[N+](C)(C)CCCCCCCCCCCCCCCCCC. The van der Waals surface area contributed by atoms with Crippen molar-refractivity contribution in [3.8, 4) is 0 Å². The Bertz CT molecular complexity index is 406. The smallest absolute Gasteiger partial charge is 0.245 e. The number of hydrogen-bond acceptors (Lipinski definition) is 1. The fourth-order valence-corrected chi connectivity index (χ4v) is 4.20. The predicted octanol–water partition coefficient (Wildman–Crippen LogP) is 7.36. The third-order valence-corrected chi connectivity index (χ3v) is 6.42. The van der Waals surface area contributed by atoms with Gasteiger partial charge in [-0.05, 0) is 18.9 Å². The highest BCUT2D eigenvalue weighted by atomic mass is 16.2. The fourth-order valence-electron chi connectivity index (χ4n) is 4.20. The standard InChI is InChI=1S/C27H55N2O/c1-6-8-9-10-11-12-13-14-15-16-17-18-19-20-21-22-25-29(4,5)26-23-24-28(3)27(30)7-2/h7H,2,6,8-26H2,1,3-5H3/q+1. The second-order valence-corrected chi connectivity index (χ2v) is 10.0. The van der Waals surface area contributed by atoms with Crippen molar-refractivity contribution in [3.05, 3.63) is 12.7 Å². The summed E-state index contributed by atoms with van der Waals surface area (Å²) in [6.45, 7) is 9.05. The Morgan fingerprint density at radius 3 is 1.47 bits per heavy atom. The monoisotopic (exact) mass is 423 g/mol. The lowest BCUT2D eigenvalue weighted by Crippen LogP contribution is -2.42. The van der Waals surface area contributed by atoms with Crippen molar-refractivity contribution in [3.63, 3.8) is 0 Å². The van der Waals surface area contributed by atoms with E-state index in [1.54, 1.807) is 4.90 Å². The highest BCUT2D eigenvalue weighted by molar-refractivity contribution is 5.86. The van der Waals surface area contributed by atoms with Crippen molar-refractivity contribution in [2.24, 2.45) is 0 Å². The van der Waals surface area contributed by atoms with Crippen LogP contribution in [0, 0.1) is 0 Å². The van der Waals surface area contributed by atoms with Gasteiger partial charge < -0.3 is 9.38 Å². The minimum atomic E-state index is 0.0260. The van der Waals surface area contributed by atoms with E-state index in [9.17, 15) is 4.79 Å². The molecule has 3 nitrogen and oxygen atoms in total. The molecule has 3 heteroatoms. The highest BCUT2D eigenvalue weighted by Crippen LogP contribution is 2.14. The van der Waals surface area contributed by atoms with Crippen LogP contribution in [0.15, 0.2) is 12.7 Å². The van der Waals surface area contributed by atoms with Crippen LogP contribution in [0.25, 0.3) is 0 Å². The minimum Gasteiger partial charge on any atom is -0.342 e. The van der Waals surface area contributed by atoms with Crippen molar-refractivity contribution in [1.29, 1.82) is 0 Å². The lowest BCUT2D eigenvalue weighted by atomic mass is 10.0. The van der Waals surface area contributed by atoms with Gasteiger partial charge in [0.1, 0.15) is 0 Å². The molecule has 0 saturated heterocycles. The highest BCUT2D eigenvalue weighted by Gasteiger charge is 2.15. The van der Waals surface area contributed by atoms with Gasteiger partial charge in [0.2, 0.25) is 5.91 Å². The molecule has 178 valence electrons. The van der Waals surface area contributed by atoms with Crippen molar-refractivity contribution in [1.82, 2.24) is 4.90 Å². The van der Waals surface area contributed by atoms with E-state index >= 15 is 0 Å². The Labute approximate surface area is 189 Å². The molecular formula is C27H55N2O+. The van der Waals surface area contributed by atoms with Gasteiger partial charge in [-0.1, -0.05) is 103 Å². The summed E-state index contributed by atoms with van der Waals surface area (Å²) in [4.78, 5) is 13.3. The molecular weight excluding hydrogens is 368 g/mol. The largest absolute Gasteiger partial charge is 0.342 e. The Hall–Kier alpha value is -0.830. The van der Waals surface area contributed by atoms with Crippen LogP contribution in [0.1, 0.15) is 116 Å². The Balaban J connectivity index is 3.38. The Morgan fingerprint density at radius 2 is 1.07 bits per heavy atom. The quantitative estimate of drug-likeness (QED) is 0.101. The van der Waals surface area contributed by atoms with Crippen molar-refractivity contribution >= 4 is 5.91 Å². The van der Waals surface area contributed by atoms with Gasteiger partial charge in [-0.3, -0.25) is 4.79 Å². The molecule has 0 saturated carbocycles. The molecule has 0 fully saturated rings. The van der Waals surface area contributed by atoms with Crippen LogP contribution in [-0.2, 0) is 4.79 Å². The first-order valence-electron chi connectivity index (χ1n) is 13.1. The number of amides is 1. The number of quaternary nitrogens is 1. The van der Waals surface area contributed by atoms with E-state index in [1.807, 2.05) is 7.05 Å². The first-order valence-corrected chi connectivity index (χ1v) is 13.1. The van der Waals surface area contributed by atoms with Crippen molar-refractivity contribution < 1.29 is 9.28 Å². The van der Waals surface area contributed by atoms with Crippen LogP contribution < -0.4 is 0 Å². The van der Waals surface area contributed by atoms with E-state index in [-0.39, 0.29) is 5.91 Å². The number of rotatable bonds is 22. The van der Waals surface area contributed by atoms with Gasteiger partial charge in [-0.15, -0.1) is 0 Å². The van der Waals surface area contributed by atoms with E-state index < -0.39 is 0 Å². The molecule has 0 unspecified atom stereocenters. The summed E-state index contributed by atoms with van der Waals surface area (Å²) in [6.07, 6.45) is 25.3. The number of nitrogens with zero attached hydrogens (tertiary/aromatic N) is 2. The van der Waals surface area contributed by atoms with Gasteiger partial charge in [0.15, 0.2) is 0 Å². The second-order valence-electron chi connectivity index (χ2n) is 10.0. The molecule has 0 radical (unpaired) electrons. The molecule has 30 heavy (non-hydrogen) atoms. The molecule has 0 aliphatic rings. The molecule has 0 aromatic carbocycles. The average Bonchev–Trinajstić information content (AvgIpc) is 2.72. The third kappa shape index (κ3) is 19.2. The van der Waals surface area contributed by atoms with Gasteiger partial charge in [-0.25, -0.2) is 0 Å². The zero-order valence-electron chi connectivity index (χ0n) is 21.2. The van der Waals surface area contributed by atoms with Crippen LogP contribution >= 0.6 is 0 Å². The lowest BCUT2D eigenvalue weighted by Gasteiger charge is -2.30. The summed E-state index contributed by atoms with van der Waals surface area (Å²) in [7, 11) is 6.50. The summed E-state index contributed by atoms with van der Waals surface area (Å²) in [6, 6.07) is 0. The average molecular weight is 424 g/mol. The summed E-state index contributed by atoms with van der Waals surface area (Å²) >= 11 is 0. The molecule has 1 amide bonds. The number of carbonyl (C=O) groups is 1. The summed E-state index contributed by atoms with van der Waals surface area (Å²) in [5.41, 5.74) is 0. The second kappa shape index (κ2) is 20.1. The molecule has 0 N–H and O–H groups in total. The molecule has 0 heterocycles.